The van der Waals surface area contributed by atoms with Gasteiger partial charge in [0.2, 0.25) is 0 Å². The third-order valence-corrected chi connectivity index (χ3v) is 6.15. The highest BCUT2D eigenvalue weighted by Gasteiger charge is 2.32. The number of carboxylic acid groups (broad SMARTS) is 1. The molecule has 0 bridgehead atoms. The van der Waals surface area contributed by atoms with Crippen molar-refractivity contribution in [2.75, 3.05) is 5.75 Å². The van der Waals surface area contributed by atoms with Crippen LogP contribution in [0.2, 0.25) is 10.0 Å². The Morgan fingerprint density at radius 2 is 2.12 bits per heavy atom. The number of hydrogen-bond acceptors (Lipinski definition) is 4. The second-order valence-corrected chi connectivity index (χ2v) is 8.29. The molecule has 8 heteroatoms. The molecule has 25 heavy (non-hydrogen) atoms. The van der Waals surface area contributed by atoms with E-state index in [-0.39, 0.29) is 5.37 Å². The number of nitrogens with one attached hydrogen (secondary N) is 1. The quantitative estimate of drug-likeness (QED) is 0.645. The number of benzene rings is 2. The van der Waals surface area contributed by atoms with E-state index in [0.29, 0.717) is 32.6 Å². The van der Waals surface area contributed by atoms with E-state index >= 15 is 0 Å². The first kappa shape index (κ1) is 18.9. The molecule has 1 fully saturated rings. The lowest BCUT2D eigenvalue weighted by Crippen LogP contribution is -2.33. The van der Waals surface area contributed by atoms with Crippen molar-refractivity contribution in [2.45, 2.75) is 18.0 Å². The molecule has 1 aliphatic heterocycles. The van der Waals surface area contributed by atoms with Crippen molar-refractivity contribution < 1.29 is 14.6 Å². The Morgan fingerprint density at radius 3 is 2.80 bits per heavy atom. The van der Waals surface area contributed by atoms with Gasteiger partial charge in [0, 0.05) is 26.9 Å². The molecule has 3 rings (SSSR count). The number of aliphatic carboxylic acids is 1. The molecule has 0 aromatic heterocycles. The molecule has 0 saturated carbocycles. The summed E-state index contributed by atoms with van der Waals surface area (Å²) in [4.78, 5) is 11.2. The van der Waals surface area contributed by atoms with Crippen LogP contribution >= 0.6 is 50.9 Å². The fourth-order valence-electron chi connectivity index (χ4n) is 2.49. The van der Waals surface area contributed by atoms with Crippen molar-refractivity contribution in [3.8, 4) is 5.75 Å². The summed E-state index contributed by atoms with van der Waals surface area (Å²) < 4.78 is 6.72. The molecule has 2 N–H and O–H groups in total. The van der Waals surface area contributed by atoms with Crippen molar-refractivity contribution >= 4 is 56.9 Å². The highest BCUT2D eigenvalue weighted by Crippen LogP contribution is 2.43. The third kappa shape index (κ3) is 4.44. The zero-order valence-electron chi connectivity index (χ0n) is 12.8. The number of ether oxygens (including phenoxy) is 1. The van der Waals surface area contributed by atoms with E-state index in [0.717, 1.165) is 11.1 Å². The third-order valence-electron chi connectivity index (χ3n) is 3.73. The highest BCUT2D eigenvalue weighted by atomic mass is 79.9. The van der Waals surface area contributed by atoms with Crippen LogP contribution in [0, 0.1) is 0 Å². The van der Waals surface area contributed by atoms with E-state index < -0.39 is 12.0 Å². The molecule has 2 aromatic carbocycles. The topological polar surface area (TPSA) is 58.6 Å². The summed E-state index contributed by atoms with van der Waals surface area (Å²) in [6, 6.07) is 10.4. The van der Waals surface area contributed by atoms with Crippen molar-refractivity contribution in [3.05, 3.63) is 62.0 Å². The minimum atomic E-state index is -0.866. The summed E-state index contributed by atoms with van der Waals surface area (Å²) in [7, 11) is 0. The van der Waals surface area contributed by atoms with Gasteiger partial charge in [-0.15, -0.1) is 11.8 Å². The molecule has 1 saturated heterocycles. The molecule has 1 aliphatic rings. The maximum absolute atomic E-state index is 11.2. The Bertz CT molecular complexity index is 805. The average molecular weight is 463 g/mol. The van der Waals surface area contributed by atoms with E-state index in [1.165, 1.54) is 11.8 Å². The van der Waals surface area contributed by atoms with Gasteiger partial charge in [-0.2, -0.15) is 0 Å². The van der Waals surface area contributed by atoms with Crippen molar-refractivity contribution in [3.63, 3.8) is 0 Å². The van der Waals surface area contributed by atoms with Crippen LogP contribution < -0.4 is 10.1 Å². The number of carbonyl (C=O) groups is 1. The maximum Gasteiger partial charge on any atom is 0.321 e. The fourth-order valence-corrected chi connectivity index (χ4v) is 4.86. The van der Waals surface area contributed by atoms with Crippen LogP contribution in [0.1, 0.15) is 16.5 Å². The Kier molecular flexibility index (Phi) is 6.17. The maximum atomic E-state index is 11.2. The van der Waals surface area contributed by atoms with Crippen LogP contribution in [0.5, 0.6) is 5.75 Å². The first-order valence-corrected chi connectivity index (χ1v) is 10.0. The molecular formula is C17H14BrCl2NO3S. The zero-order chi connectivity index (χ0) is 18.0. The van der Waals surface area contributed by atoms with E-state index in [4.69, 9.17) is 27.9 Å². The van der Waals surface area contributed by atoms with Crippen LogP contribution in [0.25, 0.3) is 0 Å². The number of halogens is 3. The molecule has 132 valence electrons. The van der Waals surface area contributed by atoms with E-state index in [9.17, 15) is 9.90 Å². The van der Waals surface area contributed by atoms with Gasteiger partial charge in [0.1, 0.15) is 18.4 Å². The lowest BCUT2D eigenvalue weighted by atomic mass is 10.1. The van der Waals surface area contributed by atoms with E-state index in [1.54, 1.807) is 12.1 Å². The van der Waals surface area contributed by atoms with Crippen LogP contribution in [0.3, 0.4) is 0 Å². The number of thioether (sulfide) groups is 1. The minimum absolute atomic E-state index is 0.211. The van der Waals surface area contributed by atoms with Crippen molar-refractivity contribution in [2.24, 2.45) is 0 Å². The largest absolute Gasteiger partial charge is 0.487 e. The zero-order valence-corrected chi connectivity index (χ0v) is 16.8. The Morgan fingerprint density at radius 1 is 1.36 bits per heavy atom. The summed E-state index contributed by atoms with van der Waals surface area (Å²) in [6.07, 6.45) is 0. The predicted molar refractivity (Wildman–Crippen MR) is 105 cm³/mol. The van der Waals surface area contributed by atoms with Gasteiger partial charge in [-0.25, -0.2) is 0 Å². The van der Waals surface area contributed by atoms with Gasteiger partial charge in [0.25, 0.3) is 0 Å². The number of hydrogen-bond donors (Lipinski definition) is 2. The van der Waals surface area contributed by atoms with Crippen LogP contribution in [0.4, 0.5) is 0 Å². The normalized spacial score (nSPS) is 19.8. The highest BCUT2D eigenvalue weighted by molar-refractivity contribution is 9.10. The molecule has 0 radical (unpaired) electrons. The minimum Gasteiger partial charge on any atom is -0.487 e. The molecule has 4 nitrogen and oxygen atoms in total. The van der Waals surface area contributed by atoms with E-state index in [1.807, 2.05) is 24.3 Å². The van der Waals surface area contributed by atoms with Crippen LogP contribution in [-0.2, 0) is 11.4 Å². The van der Waals surface area contributed by atoms with Crippen molar-refractivity contribution in [1.82, 2.24) is 5.32 Å². The second-order valence-electron chi connectivity index (χ2n) is 5.46. The predicted octanol–water partition coefficient (Wildman–Crippen LogP) is 5.12. The van der Waals surface area contributed by atoms with E-state index in [2.05, 4.69) is 21.2 Å². The summed E-state index contributed by atoms with van der Waals surface area (Å²) in [6.45, 7) is 0.298. The molecule has 0 amide bonds. The molecule has 1 heterocycles. The molecule has 2 aromatic rings. The van der Waals surface area contributed by atoms with Gasteiger partial charge in [-0.05, 0) is 34.1 Å². The SMILES string of the molecule is O=C(O)C1CSC(c2cc(Cl)cc(Br)c2OCc2ccccc2Cl)N1. The summed E-state index contributed by atoms with van der Waals surface area (Å²) in [5.41, 5.74) is 1.67. The Labute approximate surface area is 168 Å². The molecule has 0 aliphatic carbocycles. The van der Waals surface area contributed by atoms with Gasteiger partial charge in [-0.3, -0.25) is 10.1 Å². The van der Waals surface area contributed by atoms with Gasteiger partial charge in [0.15, 0.2) is 0 Å². The molecular weight excluding hydrogens is 449 g/mol. The number of rotatable bonds is 5. The van der Waals surface area contributed by atoms with Crippen molar-refractivity contribution in [1.29, 1.82) is 0 Å². The lowest BCUT2D eigenvalue weighted by molar-refractivity contribution is -0.138. The molecule has 2 atom stereocenters. The Hall–Kier alpha value is -0.920. The smallest absolute Gasteiger partial charge is 0.321 e. The molecule has 0 spiro atoms. The standard InChI is InChI=1S/C17H14BrCl2NO3S/c18-12-6-10(19)5-11(16-21-14(8-25-16)17(22)23)15(12)24-7-9-3-1-2-4-13(9)20/h1-6,14,16,21H,7-8H2,(H,22,23). The van der Waals surface area contributed by atoms with Gasteiger partial charge in [-0.1, -0.05) is 41.4 Å². The van der Waals surface area contributed by atoms with Crippen LogP contribution in [0.15, 0.2) is 40.9 Å². The fraction of sp³-hybridized carbons (Fsp3) is 0.235. The molecule has 2 unspecified atom stereocenters. The summed E-state index contributed by atoms with van der Waals surface area (Å²) >= 11 is 17.4. The van der Waals surface area contributed by atoms with Gasteiger partial charge >= 0.3 is 5.97 Å². The average Bonchev–Trinajstić information content (AvgIpc) is 3.05. The summed E-state index contributed by atoms with van der Waals surface area (Å²) in [5.74, 6) is 0.239. The van der Waals surface area contributed by atoms with Crippen LogP contribution in [-0.4, -0.2) is 22.9 Å². The summed E-state index contributed by atoms with van der Waals surface area (Å²) in [5, 5.41) is 13.2. The first-order valence-electron chi connectivity index (χ1n) is 7.41. The van der Waals surface area contributed by atoms with Gasteiger partial charge in [0.05, 0.1) is 9.85 Å². The Balaban J connectivity index is 1.86. The van der Waals surface area contributed by atoms with Gasteiger partial charge < -0.3 is 9.84 Å². The lowest BCUT2D eigenvalue weighted by Gasteiger charge is -2.19. The first-order chi connectivity index (χ1) is 12.0. The monoisotopic (exact) mass is 461 g/mol. The number of carboxylic acids is 1. The second kappa shape index (κ2) is 8.18.